The number of benzene rings is 1. The summed E-state index contributed by atoms with van der Waals surface area (Å²) in [4.78, 5) is 11.8. The fourth-order valence-electron chi connectivity index (χ4n) is 1.99. The van der Waals surface area contributed by atoms with Gasteiger partial charge in [-0.05, 0) is 44.4 Å². The van der Waals surface area contributed by atoms with Gasteiger partial charge in [0.25, 0.3) is 0 Å². The van der Waals surface area contributed by atoms with Crippen LogP contribution in [0.15, 0.2) is 24.3 Å². The first-order valence-electron chi connectivity index (χ1n) is 7.19. The summed E-state index contributed by atoms with van der Waals surface area (Å²) in [5.74, 6) is 0.0471. The molecule has 0 bridgehead atoms. The van der Waals surface area contributed by atoms with Crippen LogP contribution >= 0.6 is 0 Å². The average Bonchev–Trinajstić information content (AvgIpc) is 2.45. The molecule has 0 aliphatic heterocycles. The van der Waals surface area contributed by atoms with Gasteiger partial charge in [0.15, 0.2) is 0 Å². The molecule has 20 heavy (non-hydrogen) atoms. The van der Waals surface area contributed by atoms with Crippen LogP contribution in [0.4, 0.5) is 0 Å². The molecule has 0 spiro atoms. The third-order valence-corrected chi connectivity index (χ3v) is 3.32. The Hall–Kier alpha value is -1.39. The minimum atomic E-state index is -0.165. The lowest BCUT2D eigenvalue weighted by molar-refractivity contribution is -0.122. The molecule has 2 N–H and O–H groups in total. The molecule has 4 nitrogen and oxygen atoms in total. The molecule has 1 unspecified atom stereocenters. The molecule has 0 radical (unpaired) electrons. The molecular formula is C16H26N2O2. The molecule has 0 saturated carbocycles. The summed E-state index contributed by atoms with van der Waals surface area (Å²) < 4.78 is 4.94. The Morgan fingerprint density at radius 3 is 2.75 bits per heavy atom. The number of hydrogen-bond acceptors (Lipinski definition) is 3. The first-order valence-corrected chi connectivity index (χ1v) is 7.19. The van der Waals surface area contributed by atoms with Gasteiger partial charge in [0.1, 0.15) is 0 Å². The van der Waals surface area contributed by atoms with E-state index in [4.69, 9.17) is 4.74 Å². The monoisotopic (exact) mass is 278 g/mol. The topological polar surface area (TPSA) is 50.4 Å². The van der Waals surface area contributed by atoms with Crippen molar-refractivity contribution in [3.63, 3.8) is 0 Å². The van der Waals surface area contributed by atoms with Crippen LogP contribution in [-0.4, -0.2) is 38.8 Å². The Morgan fingerprint density at radius 2 is 2.05 bits per heavy atom. The molecule has 1 aromatic rings. The van der Waals surface area contributed by atoms with Gasteiger partial charge < -0.3 is 15.4 Å². The zero-order valence-electron chi connectivity index (χ0n) is 12.7. The van der Waals surface area contributed by atoms with Gasteiger partial charge in [-0.15, -0.1) is 0 Å². The first kappa shape index (κ1) is 16.7. The summed E-state index contributed by atoms with van der Waals surface area (Å²) in [6.45, 7) is 6.15. The minimum absolute atomic E-state index is 0.0471. The van der Waals surface area contributed by atoms with E-state index in [0.717, 1.165) is 19.4 Å². The molecule has 0 fully saturated rings. The first-order chi connectivity index (χ1) is 9.65. The molecule has 1 rings (SSSR count). The Balaban J connectivity index is 2.20. The van der Waals surface area contributed by atoms with E-state index in [1.54, 1.807) is 7.11 Å². The van der Waals surface area contributed by atoms with E-state index in [9.17, 15) is 4.79 Å². The maximum absolute atomic E-state index is 11.8. The van der Waals surface area contributed by atoms with Crippen LogP contribution in [0.1, 0.15) is 24.5 Å². The molecule has 0 saturated heterocycles. The largest absolute Gasteiger partial charge is 0.385 e. The van der Waals surface area contributed by atoms with Crippen molar-refractivity contribution in [2.75, 3.05) is 26.8 Å². The van der Waals surface area contributed by atoms with E-state index >= 15 is 0 Å². The second-order valence-corrected chi connectivity index (χ2v) is 4.99. The Labute approximate surface area is 121 Å². The highest BCUT2D eigenvalue weighted by Crippen LogP contribution is 2.06. The van der Waals surface area contributed by atoms with Gasteiger partial charge >= 0.3 is 0 Å². The van der Waals surface area contributed by atoms with Gasteiger partial charge in [0.2, 0.25) is 5.91 Å². The zero-order valence-corrected chi connectivity index (χ0v) is 12.7. The highest BCUT2D eigenvalue weighted by molar-refractivity contribution is 5.81. The SMILES string of the molecule is COCCCNC(=O)C(C)NCCc1ccccc1C. The van der Waals surface area contributed by atoms with Gasteiger partial charge in [-0.1, -0.05) is 24.3 Å². The lowest BCUT2D eigenvalue weighted by Crippen LogP contribution is -2.43. The van der Waals surface area contributed by atoms with Crippen LogP contribution in [0.5, 0.6) is 0 Å². The van der Waals surface area contributed by atoms with Crippen molar-refractivity contribution in [1.82, 2.24) is 10.6 Å². The zero-order chi connectivity index (χ0) is 14.8. The lowest BCUT2D eigenvalue weighted by Gasteiger charge is -2.14. The van der Waals surface area contributed by atoms with Crippen LogP contribution in [0.3, 0.4) is 0 Å². The van der Waals surface area contributed by atoms with Crippen LogP contribution in [-0.2, 0) is 16.0 Å². The molecule has 0 aliphatic rings. The van der Waals surface area contributed by atoms with E-state index in [-0.39, 0.29) is 11.9 Å². The van der Waals surface area contributed by atoms with E-state index in [1.807, 2.05) is 19.1 Å². The molecule has 1 aromatic carbocycles. The third-order valence-electron chi connectivity index (χ3n) is 3.32. The second kappa shape index (κ2) is 9.50. The summed E-state index contributed by atoms with van der Waals surface area (Å²) in [6, 6.07) is 8.17. The van der Waals surface area contributed by atoms with Crippen molar-refractivity contribution in [2.45, 2.75) is 32.7 Å². The average molecular weight is 278 g/mol. The summed E-state index contributed by atoms with van der Waals surface area (Å²) in [6.07, 6.45) is 1.78. The van der Waals surface area contributed by atoms with Gasteiger partial charge in [0, 0.05) is 20.3 Å². The number of nitrogens with one attached hydrogen (secondary N) is 2. The van der Waals surface area contributed by atoms with Crippen LogP contribution < -0.4 is 10.6 Å². The van der Waals surface area contributed by atoms with Gasteiger partial charge in [-0.2, -0.15) is 0 Å². The number of carbonyl (C=O) groups is 1. The normalized spacial score (nSPS) is 12.2. The van der Waals surface area contributed by atoms with Crippen molar-refractivity contribution >= 4 is 5.91 Å². The number of hydrogen-bond donors (Lipinski definition) is 2. The van der Waals surface area contributed by atoms with Crippen molar-refractivity contribution in [3.05, 3.63) is 35.4 Å². The van der Waals surface area contributed by atoms with Crippen LogP contribution in [0.25, 0.3) is 0 Å². The molecule has 4 heteroatoms. The molecule has 112 valence electrons. The molecule has 1 amide bonds. The Kier molecular flexibility index (Phi) is 7.92. The maximum atomic E-state index is 11.8. The number of rotatable bonds is 9. The summed E-state index contributed by atoms with van der Waals surface area (Å²) in [7, 11) is 1.66. The fraction of sp³-hybridized carbons (Fsp3) is 0.562. The maximum Gasteiger partial charge on any atom is 0.236 e. The van der Waals surface area contributed by atoms with Crippen molar-refractivity contribution in [1.29, 1.82) is 0 Å². The van der Waals surface area contributed by atoms with E-state index in [1.165, 1.54) is 11.1 Å². The predicted octanol–water partition coefficient (Wildman–Crippen LogP) is 1.67. The van der Waals surface area contributed by atoms with Crippen molar-refractivity contribution in [2.24, 2.45) is 0 Å². The van der Waals surface area contributed by atoms with Crippen LogP contribution in [0, 0.1) is 6.92 Å². The number of methoxy groups -OCH3 is 1. The molecule has 1 atom stereocenters. The van der Waals surface area contributed by atoms with Crippen molar-refractivity contribution in [3.8, 4) is 0 Å². The smallest absolute Gasteiger partial charge is 0.236 e. The second-order valence-electron chi connectivity index (χ2n) is 4.99. The summed E-state index contributed by atoms with van der Waals surface area (Å²) in [5, 5.41) is 6.15. The molecule has 0 heterocycles. The highest BCUT2D eigenvalue weighted by atomic mass is 16.5. The van der Waals surface area contributed by atoms with Crippen LogP contribution in [0.2, 0.25) is 0 Å². The summed E-state index contributed by atoms with van der Waals surface area (Å²) in [5.41, 5.74) is 2.62. The quantitative estimate of drug-likeness (QED) is 0.676. The lowest BCUT2D eigenvalue weighted by atomic mass is 10.1. The van der Waals surface area contributed by atoms with Gasteiger partial charge in [-0.25, -0.2) is 0 Å². The number of ether oxygens (including phenoxy) is 1. The molecule has 0 aliphatic carbocycles. The Morgan fingerprint density at radius 1 is 1.30 bits per heavy atom. The third kappa shape index (κ3) is 6.17. The highest BCUT2D eigenvalue weighted by Gasteiger charge is 2.10. The fourth-order valence-corrected chi connectivity index (χ4v) is 1.99. The molecular weight excluding hydrogens is 252 g/mol. The Bertz CT molecular complexity index is 407. The van der Waals surface area contributed by atoms with E-state index in [2.05, 4.69) is 29.7 Å². The number of aryl methyl sites for hydroxylation is 1. The van der Waals surface area contributed by atoms with Gasteiger partial charge in [-0.3, -0.25) is 4.79 Å². The van der Waals surface area contributed by atoms with Gasteiger partial charge in [0.05, 0.1) is 6.04 Å². The molecule has 0 aromatic heterocycles. The minimum Gasteiger partial charge on any atom is -0.385 e. The van der Waals surface area contributed by atoms with E-state index < -0.39 is 0 Å². The predicted molar refractivity (Wildman–Crippen MR) is 81.9 cm³/mol. The van der Waals surface area contributed by atoms with E-state index in [0.29, 0.717) is 13.2 Å². The summed E-state index contributed by atoms with van der Waals surface area (Å²) >= 11 is 0. The van der Waals surface area contributed by atoms with Crippen molar-refractivity contribution < 1.29 is 9.53 Å². The standard InChI is InChI=1S/C16H26N2O2/c1-13-7-4-5-8-15(13)9-11-17-14(2)16(19)18-10-6-12-20-3/h4-5,7-8,14,17H,6,9-12H2,1-3H3,(H,18,19). The number of amides is 1. The number of carbonyl (C=O) groups excluding carboxylic acids is 1.